The Labute approximate surface area is 574 Å². The van der Waals surface area contributed by atoms with Crippen molar-refractivity contribution in [1.82, 2.24) is 29.4 Å². The molecule has 2 N–H and O–H groups in total. The minimum Gasteiger partial charge on any atom is -0.490 e. The lowest BCUT2D eigenvalue weighted by atomic mass is 9.63. The lowest BCUT2D eigenvalue weighted by Gasteiger charge is -2.49. The number of sulfonamides is 2. The topological polar surface area (TPSA) is 221 Å². The molecule has 22 heteroatoms. The van der Waals surface area contributed by atoms with Gasteiger partial charge in [-0.1, -0.05) is 61.3 Å². The summed E-state index contributed by atoms with van der Waals surface area (Å²) >= 11 is 12.9. The van der Waals surface area contributed by atoms with E-state index in [1.807, 2.05) is 62.4 Å². The van der Waals surface area contributed by atoms with Crippen molar-refractivity contribution < 1.29 is 45.4 Å². The monoisotopic (exact) mass is 1380 g/mol. The molecule has 2 amide bonds. The third-order valence-electron chi connectivity index (χ3n) is 22.7. The van der Waals surface area contributed by atoms with Gasteiger partial charge in [0.05, 0.1) is 35.1 Å². The number of nitrogens with one attached hydrogen (secondary N) is 2. The van der Waals surface area contributed by atoms with Crippen LogP contribution in [-0.4, -0.2) is 113 Å². The van der Waals surface area contributed by atoms with Crippen LogP contribution in [0.25, 0.3) is 0 Å². The van der Waals surface area contributed by atoms with E-state index in [1.54, 1.807) is 89.3 Å². The fourth-order valence-electron chi connectivity index (χ4n) is 16.6. The number of nitrogens with zero attached hydrogens (tertiary/aromatic N) is 6. The number of hydrogen-bond donors (Lipinski definition) is 2. The van der Waals surface area contributed by atoms with Crippen LogP contribution in [0.15, 0.2) is 134 Å². The van der Waals surface area contributed by atoms with Crippen LogP contribution in [0.4, 0.5) is 11.4 Å². The first kappa shape index (κ1) is 67.6. The van der Waals surface area contributed by atoms with E-state index in [-0.39, 0.29) is 57.5 Å². The maximum absolute atomic E-state index is 13.5. The van der Waals surface area contributed by atoms with Gasteiger partial charge in [0.15, 0.2) is 11.6 Å². The highest BCUT2D eigenvalue weighted by Gasteiger charge is 2.54. The minimum absolute atomic E-state index is 0.0676. The summed E-state index contributed by atoms with van der Waals surface area (Å²) < 4.78 is 84.7. The number of ether oxygens (including phenoxy) is 4. The number of allylic oxidation sites excluding steroid dienone is 2. The van der Waals surface area contributed by atoms with Crippen molar-refractivity contribution in [3.63, 3.8) is 0 Å². The number of hydrogen-bond acceptors (Lipinski definition) is 16. The summed E-state index contributed by atoms with van der Waals surface area (Å²) in [5.41, 5.74) is 4.74. The van der Waals surface area contributed by atoms with Crippen molar-refractivity contribution in [2.75, 3.05) is 63.4 Å². The summed E-state index contributed by atoms with van der Waals surface area (Å²) in [5.74, 6) is 1.28. The Morgan fingerprint density at radius 2 is 0.958 bits per heavy atom. The quantitative estimate of drug-likeness (QED) is 0.157. The summed E-state index contributed by atoms with van der Waals surface area (Å²) in [6.07, 6.45) is 25.7. The molecule has 6 aromatic rings. The van der Waals surface area contributed by atoms with Gasteiger partial charge in [-0.2, -0.15) is 0 Å². The molecule has 6 heterocycles. The average molecular weight is 1380 g/mol. The van der Waals surface area contributed by atoms with Crippen LogP contribution >= 0.6 is 23.2 Å². The Bertz CT molecular complexity index is 3940. The zero-order chi connectivity index (χ0) is 67.4. The zero-order valence-electron chi connectivity index (χ0n) is 55.4. The molecule has 2 aromatic heterocycles. The molecule has 14 rings (SSSR count). The Morgan fingerprint density at radius 3 is 1.33 bits per heavy atom. The Kier molecular flexibility index (Phi) is 19.1. The van der Waals surface area contributed by atoms with Gasteiger partial charge in [-0.15, -0.1) is 0 Å². The van der Waals surface area contributed by atoms with Gasteiger partial charge in [-0.05, 0) is 222 Å². The fraction of sp³-hybridized carbons (Fsp3) is 0.486. The Morgan fingerprint density at radius 1 is 0.552 bits per heavy atom. The Balaban J connectivity index is 0.000000174. The standard InChI is InChI=1S/2C37H43ClN4O5S/c2*1-24-7-4-16-37(46-3,35-39-17-6-18-40-35)31-12-9-28(31)21-42-22-36(15-5-8-26-19-29(38)11-13-30(26)36)23-47-33-14-10-27(20-32(33)42)34(43)41-48(44,45)25(24)2/h2*4,6,10-11,13-14,16-20,24-25,28,31H,5,7-9,12,15,21-23H2,1-3H3,(H,41,43)/b2*16-4+/t24-,25+,28-,31+,36-,37+;24-,25+,28-,31+,36-,37-/m00/s1. The van der Waals surface area contributed by atoms with Crippen LogP contribution in [0.5, 0.6) is 11.5 Å². The van der Waals surface area contributed by atoms with E-state index in [0.29, 0.717) is 75.4 Å². The zero-order valence-corrected chi connectivity index (χ0v) is 58.5. The molecule has 0 radical (unpaired) electrons. The summed E-state index contributed by atoms with van der Waals surface area (Å²) in [5, 5.41) is -0.179. The van der Waals surface area contributed by atoms with E-state index in [0.717, 1.165) is 85.6 Å². The van der Waals surface area contributed by atoms with E-state index in [1.165, 1.54) is 22.3 Å². The molecule has 4 aliphatic heterocycles. The molecule has 2 spiro atoms. The number of fused-ring (bicyclic) bond motifs is 8. The normalized spacial score (nSPS) is 32.1. The van der Waals surface area contributed by atoms with Crippen molar-refractivity contribution >= 4 is 66.4 Å². The van der Waals surface area contributed by atoms with Gasteiger partial charge < -0.3 is 28.7 Å². The van der Waals surface area contributed by atoms with E-state index >= 15 is 0 Å². The summed E-state index contributed by atoms with van der Waals surface area (Å²) in [4.78, 5) is 50.5. The summed E-state index contributed by atoms with van der Waals surface area (Å²) in [7, 11) is -4.54. The highest BCUT2D eigenvalue weighted by molar-refractivity contribution is 7.91. The molecule has 2 saturated carbocycles. The molecule has 12 atom stereocenters. The van der Waals surface area contributed by atoms with Gasteiger partial charge in [0.2, 0.25) is 20.0 Å². The number of carbonyl (C=O) groups is 2. The first-order chi connectivity index (χ1) is 46.1. The number of methoxy groups -OCH3 is 2. The van der Waals surface area contributed by atoms with Crippen LogP contribution in [0.3, 0.4) is 0 Å². The predicted octanol–water partition coefficient (Wildman–Crippen LogP) is 12.4. The van der Waals surface area contributed by atoms with Crippen LogP contribution < -0.4 is 28.7 Å². The van der Waals surface area contributed by atoms with Gasteiger partial charge in [0.1, 0.15) is 22.7 Å². The third-order valence-corrected chi connectivity index (χ3v) is 27.0. The van der Waals surface area contributed by atoms with Crippen molar-refractivity contribution in [3.05, 3.63) is 189 Å². The SMILES string of the molecule is CO[C@@]1(c2ncccn2)/C=C/C[C@H](C)[C@@H](C)S(=O)(=O)NC(=O)c2ccc3c(c2)N(C[C@@H]2CC[C@H]21)C[C@@]1(CCCc2cc(Cl)ccc21)CO3.CO[C@]1(c2ncccn2)/C=C/C[C@H](C)[C@@H](C)S(=O)(=O)NC(=O)c2ccc3c(c2)N(C[C@@H]2CC[C@H]21)C[C@@]1(CCCc2cc(Cl)ccc21)CO3. The molecule has 4 aliphatic carbocycles. The number of rotatable bonds is 4. The fourth-order valence-corrected chi connectivity index (χ4v) is 19.6. The molecular weight excluding hydrogens is 1300 g/mol. The summed E-state index contributed by atoms with van der Waals surface area (Å²) in [6, 6.07) is 26.5. The third kappa shape index (κ3) is 12.7. The van der Waals surface area contributed by atoms with Crippen molar-refractivity contribution in [2.24, 2.45) is 35.5 Å². The van der Waals surface area contributed by atoms with E-state index in [4.69, 9.17) is 42.1 Å². The molecule has 4 aromatic carbocycles. The Hall–Kier alpha value is -6.94. The van der Waals surface area contributed by atoms with Crippen molar-refractivity contribution in [1.29, 1.82) is 0 Å². The smallest absolute Gasteiger partial charge is 0.264 e. The van der Waals surface area contributed by atoms with Crippen molar-refractivity contribution in [2.45, 2.75) is 137 Å². The maximum atomic E-state index is 13.5. The molecule has 4 bridgehead atoms. The predicted molar refractivity (Wildman–Crippen MR) is 372 cm³/mol. The van der Waals surface area contributed by atoms with Gasteiger partial charge in [0, 0.05) is 109 Å². The van der Waals surface area contributed by atoms with Gasteiger partial charge in [-0.3, -0.25) is 9.59 Å². The van der Waals surface area contributed by atoms with Crippen LogP contribution in [0, 0.1) is 35.5 Å². The average Bonchev–Trinajstić information content (AvgIpc) is 1.09. The van der Waals surface area contributed by atoms with Gasteiger partial charge in [0.25, 0.3) is 11.8 Å². The molecular formula is C74H86Cl2N8O10S2. The first-order valence-corrected chi connectivity index (χ1v) is 37.7. The van der Waals surface area contributed by atoms with E-state index in [9.17, 15) is 26.4 Å². The minimum atomic E-state index is -3.98. The van der Waals surface area contributed by atoms with E-state index < -0.39 is 53.6 Å². The highest BCUT2D eigenvalue weighted by Crippen LogP contribution is 2.54. The molecule has 2 fully saturated rings. The summed E-state index contributed by atoms with van der Waals surface area (Å²) in [6.45, 7) is 10.7. The lowest BCUT2D eigenvalue weighted by molar-refractivity contribution is -0.0861. The number of carbonyl (C=O) groups excluding carboxylic acids is 2. The van der Waals surface area contributed by atoms with Gasteiger partial charge >= 0.3 is 0 Å². The number of anilines is 2. The number of benzene rings is 4. The second-order valence-electron chi connectivity index (χ2n) is 28.2. The molecule has 18 nitrogen and oxygen atoms in total. The molecule has 96 heavy (non-hydrogen) atoms. The van der Waals surface area contributed by atoms with Crippen LogP contribution in [-0.2, 0) is 64.4 Å². The van der Waals surface area contributed by atoms with E-state index in [2.05, 4.69) is 63.4 Å². The second-order valence-corrected chi connectivity index (χ2v) is 33.1. The number of amides is 2. The molecule has 0 saturated heterocycles. The second kappa shape index (κ2) is 27.1. The molecule has 508 valence electrons. The van der Waals surface area contributed by atoms with Gasteiger partial charge in [-0.25, -0.2) is 46.2 Å². The van der Waals surface area contributed by atoms with Crippen molar-refractivity contribution in [3.8, 4) is 11.5 Å². The molecule has 8 aliphatic rings. The highest BCUT2D eigenvalue weighted by atomic mass is 35.5. The first-order valence-electron chi connectivity index (χ1n) is 33.8. The molecule has 0 unspecified atom stereocenters. The largest absolute Gasteiger partial charge is 0.490 e. The number of aryl methyl sites for hydroxylation is 2. The maximum Gasteiger partial charge on any atom is 0.264 e. The van der Waals surface area contributed by atoms with Crippen LogP contribution in [0.2, 0.25) is 10.0 Å². The number of halogens is 2. The lowest BCUT2D eigenvalue weighted by Crippen LogP contribution is -2.52. The van der Waals surface area contributed by atoms with Crippen LogP contribution in [0.1, 0.15) is 147 Å². The number of aromatic nitrogens is 4.